The Hall–Kier alpha value is -3.22. The second-order valence-corrected chi connectivity index (χ2v) is 5.46. The van der Waals surface area contributed by atoms with Crippen molar-refractivity contribution in [1.29, 1.82) is 0 Å². The van der Waals surface area contributed by atoms with Crippen molar-refractivity contribution in [3.05, 3.63) is 48.0 Å². The van der Waals surface area contributed by atoms with Crippen molar-refractivity contribution in [1.82, 2.24) is 0 Å². The standard InChI is InChI=1S/C19H18O7/c1-22-14-8-7-12(9-17(14)23-2)13(20)10-25-19(21)18-11-24-15-5-3-4-6-16(15)26-18/h3-9,18H,10-11H2,1-2H3/t18-/m0/s1. The van der Waals surface area contributed by atoms with E-state index in [4.69, 9.17) is 23.7 Å². The van der Waals surface area contributed by atoms with Crippen LogP contribution in [0.2, 0.25) is 0 Å². The van der Waals surface area contributed by atoms with Crippen LogP contribution < -0.4 is 18.9 Å². The van der Waals surface area contributed by atoms with Crippen LogP contribution >= 0.6 is 0 Å². The normalized spacial score (nSPS) is 15.1. The number of hydrogen-bond donors (Lipinski definition) is 0. The van der Waals surface area contributed by atoms with E-state index >= 15 is 0 Å². The Labute approximate surface area is 150 Å². The monoisotopic (exact) mass is 358 g/mol. The minimum atomic E-state index is -0.914. The number of rotatable bonds is 6. The van der Waals surface area contributed by atoms with Crippen LogP contribution in [0.4, 0.5) is 0 Å². The number of carbonyl (C=O) groups excluding carboxylic acids is 2. The Kier molecular flexibility index (Phi) is 5.26. The molecule has 1 aliphatic rings. The van der Waals surface area contributed by atoms with Crippen LogP contribution in [0.15, 0.2) is 42.5 Å². The summed E-state index contributed by atoms with van der Waals surface area (Å²) in [7, 11) is 2.98. The molecule has 1 heterocycles. The number of hydrogen-bond acceptors (Lipinski definition) is 7. The number of benzene rings is 2. The zero-order chi connectivity index (χ0) is 18.5. The van der Waals surface area contributed by atoms with E-state index in [0.29, 0.717) is 28.6 Å². The van der Waals surface area contributed by atoms with Gasteiger partial charge in [-0.15, -0.1) is 0 Å². The molecule has 7 heteroatoms. The van der Waals surface area contributed by atoms with E-state index in [1.165, 1.54) is 20.3 Å². The lowest BCUT2D eigenvalue weighted by molar-refractivity contribution is -0.153. The van der Waals surface area contributed by atoms with Crippen molar-refractivity contribution in [2.45, 2.75) is 6.10 Å². The molecule has 0 saturated carbocycles. The molecule has 2 aromatic rings. The molecule has 0 amide bonds. The van der Waals surface area contributed by atoms with Gasteiger partial charge in [-0.25, -0.2) is 4.79 Å². The molecule has 0 spiro atoms. The van der Waals surface area contributed by atoms with Crippen LogP contribution in [0.5, 0.6) is 23.0 Å². The van der Waals surface area contributed by atoms with Crippen molar-refractivity contribution in [3.63, 3.8) is 0 Å². The summed E-state index contributed by atoms with van der Waals surface area (Å²) in [6, 6.07) is 11.8. The number of fused-ring (bicyclic) bond motifs is 1. The molecule has 3 rings (SSSR count). The summed E-state index contributed by atoms with van der Waals surface area (Å²) in [6.07, 6.45) is -0.914. The molecule has 26 heavy (non-hydrogen) atoms. The van der Waals surface area contributed by atoms with E-state index in [0.717, 1.165) is 0 Å². The molecule has 0 fully saturated rings. The van der Waals surface area contributed by atoms with Crippen LogP contribution in [0.1, 0.15) is 10.4 Å². The first-order chi connectivity index (χ1) is 12.6. The molecule has 0 N–H and O–H groups in total. The fourth-order valence-corrected chi connectivity index (χ4v) is 2.46. The second kappa shape index (κ2) is 7.77. The Morgan fingerprint density at radius 2 is 1.77 bits per heavy atom. The first-order valence-electron chi connectivity index (χ1n) is 7.92. The summed E-state index contributed by atoms with van der Waals surface area (Å²) in [6.45, 7) is -0.379. The quantitative estimate of drug-likeness (QED) is 0.579. The molecular weight excluding hydrogens is 340 g/mol. The maximum Gasteiger partial charge on any atom is 0.351 e. The van der Waals surface area contributed by atoms with Gasteiger partial charge < -0.3 is 23.7 Å². The lowest BCUT2D eigenvalue weighted by Crippen LogP contribution is -2.38. The fourth-order valence-electron chi connectivity index (χ4n) is 2.46. The van der Waals surface area contributed by atoms with Gasteiger partial charge in [0.25, 0.3) is 0 Å². The average molecular weight is 358 g/mol. The van der Waals surface area contributed by atoms with Crippen molar-refractivity contribution >= 4 is 11.8 Å². The molecule has 0 aliphatic carbocycles. The van der Waals surface area contributed by atoms with Crippen molar-refractivity contribution < 1.29 is 33.3 Å². The first-order valence-corrected chi connectivity index (χ1v) is 7.92. The number of ketones is 1. The van der Waals surface area contributed by atoms with Crippen LogP contribution in [0.3, 0.4) is 0 Å². The van der Waals surface area contributed by atoms with Gasteiger partial charge in [0, 0.05) is 5.56 Å². The third-order valence-corrected chi connectivity index (χ3v) is 3.82. The fraction of sp³-hybridized carbons (Fsp3) is 0.263. The maximum atomic E-state index is 12.3. The summed E-state index contributed by atoms with van der Waals surface area (Å²) in [4.78, 5) is 24.4. The molecule has 7 nitrogen and oxygen atoms in total. The van der Waals surface area contributed by atoms with Gasteiger partial charge in [-0.3, -0.25) is 4.79 Å². The van der Waals surface area contributed by atoms with Crippen LogP contribution in [0.25, 0.3) is 0 Å². The minimum Gasteiger partial charge on any atom is -0.493 e. The van der Waals surface area contributed by atoms with Crippen LogP contribution in [-0.2, 0) is 9.53 Å². The number of methoxy groups -OCH3 is 2. The third kappa shape index (κ3) is 3.72. The predicted octanol–water partition coefficient (Wildman–Crippen LogP) is 2.27. The Morgan fingerprint density at radius 1 is 1.04 bits per heavy atom. The number of esters is 1. The highest BCUT2D eigenvalue weighted by molar-refractivity contribution is 5.98. The topological polar surface area (TPSA) is 80.3 Å². The molecule has 0 radical (unpaired) electrons. The van der Waals surface area contributed by atoms with Crippen molar-refractivity contribution in [3.8, 4) is 23.0 Å². The SMILES string of the molecule is COc1ccc(C(=O)COC(=O)[C@@H]2COc3ccccc3O2)cc1OC. The summed E-state index contributed by atoms with van der Waals surface area (Å²) >= 11 is 0. The molecule has 1 atom stereocenters. The highest BCUT2D eigenvalue weighted by Crippen LogP contribution is 2.31. The number of ether oxygens (including phenoxy) is 5. The largest absolute Gasteiger partial charge is 0.493 e. The molecular formula is C19H18O7. The molecule has 0 unspecified atom stereocenters. The Morgan fingerprint density at radius 3 is 2.50 bits per heavy atom. The molecule has 136 valence electrons. The zero-order valence-corrected chi connectivity index (χ0v) is 14.4. The summed E-state index contributed by atoms with van der Waals surface area (Å²) < 4.78 is 26.4. The second-order valence-electron chi connectivity index (χ2n) is 5.46. The van der Waals surface area contributed by atoms with Gasteiger partial charge in [0.2, 0.25) is 6.10 Å². The lowest BCUT2D eigenvalue weighted by atomic mass is 10.1. The van der Waals surface area contributed by atoms with Gasteiger partial charge in [0.05, 0.1) is 14.2 Å². The van der Waals surface area contributed by atoms with Gasteiger partial charge in [-0.05, 0) is 30.3 Å². The minimum absolute atomic E-state index is 0.0282. The van der Waals surface area contributed by atoms with Gasteiger partial charge >= 0.3 is 5.97 Å². The van der Waals surface area contributed by atoms with Crippen molar-refractivity contribution in [2.75, 3.05) is 27.4 Å². The Bertz CT molecular complexity index is 815. The summed E-state index contributed by atoms with van der Waals surface area (Å²) in [5.74, 6) is 0.937. The Balaban J connectivity index is 1.59. The van der Waals surface area contributed by atoms with Gasteiger partial charge in [0.15, 0.2) is 35.4 Å². The van der Waals surface area contributed by atoms with E-state index in [1.54, 1.807) is 30.3 Å². The van der Waals surface area contributed by atoms with E-state index in [1.807, 2.05) is 6.07 Å². The summed E-state index contributed by atoms with van der Waals surface area (Å²) in [5, 5.41) is 0. The first kappa shape index (κ1) is 17.6. The van der Waals surface area contributed by atoms with E-state index in [-0.39, 0.29) is 12.4 Å². The van der Waals surface area contributed by atoms with Crippen LogP contribution in [0, 0.1) is 0 Å². The average Bonchev–Trinajstić information content (AvgIpc) is 2.70. The number of carbonyl (C=O) groups is 2. The predicted molar refractivity (Wildman–Crippen MR) is 91.2 cm³/mol. The zero-order valence-electron chi connectivity index (χ0n) is 14.4. The molecule has 1 aliphatic heterocycles. The highest BCUT2D eigenvalue weighted by Gasteiger charge is 2.29. The molecule has 0 aromatic heterocycles. The van der Waals surface area contributed by atoms with Crippen LogP contribution in [-0.4, -0.2) is 45.3 Å². The molecule has 0 saturated heterocycles. The number of para-hydroxylation sites is 2. The molecule has 2 aromatic carbocycles. The smallest absolute Gasteiger partial charge is 0.351 e. The maximum absolute atomic E-state index is 12.3. The van der Waals surface area contributed by atoms with Gasteiger partial charge in [0.1, 0.15) is 6.61 Å². The van der Waals surface area contributed by atoms with E-state index in [2.05, 4.69) is 0 Å². The third-order valence-electron chi connectivity index (χ3n) is 3.82. The van der Waals surface area contributed by atoms with Gasteiger partial charge in [-0.2, -0.15) is 0 Å². The van der Waals surface area contributed by atoms with Gasteiger partial charge in [-0.1, -0.05) is 12.1 Å². The van der Waals surface area contributed by atoms with E-state index < -0.39 is 18.7 Å². The van der Waals surface area contributed by atoms with Crippen molar-refractivity contribution in [2.24, 2.45) is 0 Å². The lowest BCUT2D eigenvalue weighted by Gasteiger charge is -2.24. The molecule has 0 bridgehead atoms. The number of Topliss-reactive ketones (excluding diaryl/α,β-unsaturated/α-hetero) is 1. The summed E-state index contributed by atoms with van der Waals surface area (Å²) in [5.41, 5.74) is 0.349. The van der Waals surface area contributed by atoms with E-state index in [9.17, 15) is 9.59 Å². The highest BCUT2D eigenvalue weighted by atomic mass is 16.6.